The summed E-state index contributed by atoms with van der Waals surface area (Å²) >= 11 is 12.5. The summed E-state index contributed by atoms with van der Waals surface area (Å²) in [6, 6.07) is 2.84. The molecule has 3 aliphatic rings. The maximum atomic E-state index is 14.1. The summed E-state index contributed by atoms with van der Waals surface area (Å²) in [6.07, 6.45) is -4.13. The number of piperazine rings is 1. The Morgan fingerprint density at radius 3 is 2.46 bits per heavy atom. The van der Waals surface area contributed by atoms with Gasteiger partial charge in [-0.1, -0.05) is 18.5 Å². The van der Waals surface area contributed by atoms with Gasteiger partial charge in [0.05, 0.1) is 39.4 Å². The highest BCUT2D eigenvalue weighted by atomic mass is 35.5. The number of nitrogens with zero attached hydrogens (tertiary/aromatic N) is 3. The van der Waals surface area contributed by atoms with Crippen LogP contribution in [0.1, 0.15) is 12.5 Å². The van der Waals surface area contributed by atoms with Gasteiger partial charge in [-0.05, 0) is 35.4 Å². The van der Waals surface area contributed by atoms with Crippen molar-refractivity contribution in [3.05, 3.63) is 51.6 Å². The normalized spacial score (nSPS) is 21.7. The molecule has 2 aliphatic heterocycles. The number of urea groups is 1. The number of benzene rings is 1. The number of halogens is 5. The average Bonchev–Trinajstić information content (AvgIpc) is 2.83. The Bertz CT molecular complexity index is 1340. The summed E-state index contributed by atoms with van der Waals surface area (Å²) < 4.78 is 67.3. The summed E-state index contributed by atoms with van der Waals surface area (Å²) in [6.45, 7) is 3.01. The Balaban J connectivity index is 1.74. The second kappa shape index (κ2) is 10.5. The van der Waals surface area contributed by atoms with Crippen LogP contribution in [0, 0.1) is 0 Å². The lowest BCUT2D eigenvalue weighted by Crippen LogP contribution is -2.48. The predicted molar refractivity (Wildman–Crippen MR) is 133 cm³/mol. The minimum absolute atomic E-state index is 0.0412. The van der Waals surface area contributed by atoms with Crippen LogP contribution in [0.2, 0.25) is 5.02 Å². The van der Waals surface area contributed by atoms with E-state index in [1.165, 1.54) is 25.1 Å². The first kappa shape index (κ1) is 27.8. The molecular formula is C23H23Cl2F3N4O4S. The Labute approximate surface area is 221 Å². The second-order valence-electron chi connectivity index (χ2n) is 8.71. The van der Waals surface area contributed by atoms with Gasteiger partial charge in [0.15, 0.2) is 9.84 Å². The van der Waals surface area contributed by atoms with Crippen molar-refractivity contribution in [1.82, 2.24) is 15.1 Å². The maximum Gasteiger partial charge on any atom is 0.416 e. The first-order chi connectivity index (χ1) is 17.3. The van der Waals surface area contributed by atoms with E-state index < -0.39 is 51.0 Å². The third-order valence-corrected chi connectivity index (χ3v) is 8.89. The molecule has 0 bridgehead atoms. The van der Waals surface area contributed by atoms with Gasteiger partial charge in [-0.25, -0.2) is 13.2 Å². The molecule has 1 aliphatic carbocycles. The highest BCUT2D eigenvalue weighted by Crippen LogP contribution is 2.39. The molecule has 37 heavy (non-hydrogen) atoms. The third-order valence-electron chi connectivity index (χ3n) is 6.35. The molecule has 1 saturated heterocycles. The van der Waals surface area contributed by atoms with Crippen LogP contribution in [0.3, 0.4) is 0 Å². The number of sulfone groups is 1. The second-order valence-corrected chi connectivity index (χ2v) is 11.8. The van der Waals surface area contributed by atoms with E-state index in [2.05, 4.69) is 10.3 Å². The molecule has 2 heterocycles. The molecule has 4 rings (SSSR count). The highest BCUT2D eigenvalue weighted by Gasteiger charge is 2.46. The fraction of sp³-hybridized carbons (Fsp3) is 0.435. The molecule has 8 nitrogen and oxygen atoms in total. The van der Waals surface area contributed by atoms with Crippen molar-refractivity contribution in [2.24, 2.45) is 4.99 Å². The van der Waals surface area contributed by atoms with Crippen molar-refractivity contribution in [3.63, 3.8) is 0 Å². The maximum absolute atomic E-state index is 14.1. The van der Waals surface area contributed by atoms with Crippen LogP contribution in [0.5, 0.6) is 0 Å². The minimum atomic E-state index is -4.81. The Hall–Kier alpha value is -2.25. The van der Waals surface area contributed by atoms with Gasteiger partial charge in [0.1, 0.15) is 0 Å². The summed E-state index contributed by atoms with van der Waals surface area (Å²) in [5.74, 6) is -1.30. The first-order valence-electron chi connectivity index (χ1n) is 11.4. The molecule has 1 fully saturated rings. The summed E-state index contributed by atoms with van der Waals surface area (Å²) in [7, 11) is -3.76. The van der Waals surface area contributed by atoms with E-state index in [1.807, 2.05) is 0 Å². The average molecular weight is 579 g/mol. The lowest BCUT2D eigenvalue weighted by Gasteiger charge is -2.35. The van der Waals surface area contributed by atoms with Gasteiger partial charge in [0, 0.05) is 37.7 Å². The summed E-state index contributed by atoms with van der Waals surface area (Å²) in [5, 5.41) is 1.83. The van der Waals surface area contributed by atoms with Crippen molar-refractivity contribution >= 4 is 50.7 Å². The van der Waals surface area contributed by atoms with Crippen LogP contribution in [-0.2, 0) is 21.2 Å². The van der Waals surface area contributed by atoms with Gasteiger partial charge in [-0.15, -0.1) is 11.6 Å². The van der Waals surface area contributed by atoms with Gasteiger partial charge >= 0.3 is 12.2 Å². The van der Waals surface area contributed by atoms with Crippen LogP contribution in [0.25, 0.3) is 0 Å². The molecule has 0 aromatic heterocycles. The summed E-state index contributed by atoms with van der Waals surface area (Å²) in [4.78, 5) is 32.3. The van der Waals surface area contributed by atoms with Crippen LogP contribution in [-0.4, -0.2) is 85.9 Å². The number of imide groups is 1. The van der Waals surface area contributed by atoms with Crippen LogP contribution in [0.15, 0.2) is 50.9 Å². The van der Waals surface area contributed by atoms with E-state index in [-0.39, 0.29) is 39.1 Å². The van der Waals surface area contributed by atoms with E-state index >= 15 is 0 Å². The fourth-order valence-corrected chi connectivity index (χ4v) is 6.07. The lowest BCUT2D eigenvalue weighted by atomic mass is 9.87. The predicted octanol–water partition coefficient (Wildman–Crippen LogP) is 3.35. The molecule has 0 spiro atoms. The van der Waals surface area contributed by atoms with Gasteiger partial charge in [-0.3, -0.25) is 14.6 Å². The lowest BCUT2D eigenvalue weighted by molar-refractivity contribution is -0.124. The number of nitrogens with one attached hydrogen (secondary N) is 1. The Morgan fingerprint density at radius 1 is 1.16 bits per heavy atom. The van der Waals surface area contributed by atoms with Crippen molar-refractivity contribution < 1.29 is 31.2 Å². The number of rotatable bonds is 6. The fourth-order valence-electron chi connectivity index (χ4n) is 4.41. The van der Waals surface area contributed by atoms with Crippen LogP contribution >= 0.6 is 23.2 Å². The Kier molecular flexibility index (Phi) is 7.87. The van der Waals surface area contributed by atoms with E-state index in [0.717, 1.165) is 0 Å². The number of allylic oxidation sites excluding steroid dienone is 2. The minimum Gasteiger partial charge on any atom is -0.314 e. The summed E-state index contributed by atoms with van der Waals surface area (Å²) in [5.41, 5.74) is -1.91. The zero-order valence-electron chi connectivity index (χ0n) is 19.6. The molecule has 200 valence electrons. The van der Waals surface area contributed by atoms with Gasteiger partial charge in [-0.2, -0.15) is 18.2 Å². The molecule has 1 aromatic rings. The number of hydrogen-bond acceptors (Lipinski definition) is 6. The third kappa shape index (κ3) is 5.63. The zero-order valence-corrected chi connectivity index (χ0v) is 21.9. The van der Waals surface area contributed by atoms with Gasteiger partial charge in [0.25, 0.3) is 5.91 Å². The number of amides is 3. The van der Waals surface area contributed by atoms with Gasteiger partial charge in [0.2, 0.25) is 0 Å². The van der Waals surface area contributed by atoms with Crippen molar-refractivity contribution in [3.8, 4) is 0 Å². The number of carbonyl (C=O) groups is 2. The number of alkyl halides is 4. The molecule has 1 atom stereocenters. The highest BCUT2D eigenvalue weighted by molar-refractivity contribution is 7.91. The molecule has 3 amide bonds. The van der Waals surface area contributed by atoms with Crippen molar-refractivity contribution in [1.29, 1.82) is 0 Å². The molecule has 0 radical (unpaired) electrons. The Morgan fingerprint density at radius 2 is 1.84 bits per heavy atom. The molecular weight excluding hydrogens is 556 g/mol. The molecule has 1 N–H and O–H groups in total. The number of carbonyl (C=O) groups excluding carboxylic acids is 2. The van der Waals surface area contributed by atoms with Crippen molar-refractivity contribution in [2.75, 3.05) is 38.5 Å². The van der Waals surface area contributed by atoms with E-state index in [1.54, 1.807) is 4.90 Å². The largest absolute Gasteiger partial charge is 0.416 e. The standard InChI is InChI=1S/C23H23Cl2F3N4O4S/c1-2-37(35,36)18-4-3-14(24)9-13(18)11-32-21(33)15-10-17(23(26,27)28)16(12-31-7-5-29-6-8-31)19(25)20(15)30-22(32)34/h3-4,9-10,19,29H,2,5-8,11-12H2,1H3. The number of hydrogen-bond donors (Lipinski definition) is 1. The van der Waals surface area contributed by atoms with E-state index in [4.69, 9.17) is 23.2 Å². The topological polar surface area (TPSA) is 99.2 Å². The van der Waals surface area contributed by atoms with Gasteiger partial charge < -0.3 is 5.32 Å². The molecule has 1 aromatic carbocycles. The zero-order chi connectivity index (χ0) is 27.1. The van der Waals surface area contributed by atoms with Crippen LogP contribution < -0.4 is 5.32 Å². The van der Waals surface area contributed by atoms with Crippen LogP contribution in [0.4, 0.5) is 18.0 Å². The molecule has 14 heteroatoms. The SMILES string of the molecule is CCS(=O)(=O)c1ccc(Cl)cc1CN1C(=O)N=C2C(=CC(C(F)(F)F)=C(CN3CCNCC3)C2Cl)C1=O. The van der Waals surface area contributed by atoms with E-state index in [9.17, 15) is 31.2 Å². The quantitative estimate of drug-likeness (QED) is 0.520. The van der Waals surface area contributed by atoms with E-state index in [0.29, 0.717) is 37.2 Å². The molecule has 1 unspecified atom stereocenters. The first-order valence-corrected chi connectivity index (χ1v) is 13.8. The van der Waals surface area contributed by atoms with Crippen molar-refractivity contribution in [2.45, 2.75) is 29.9 Å². The monoisotopic (exact) mass is 578 g/mol. The molecule has 0 saturated carbocycles. The number of aliphatic imine (C=N–C) groups is 1. The smallest absolute Gasteiger partial charge is 0.314 e. The number of fused-ring (bicyclic) bond motifs is 1.